The summed E-state index contributed by atoms with van der Waals surface area (Å²) in [7, 11) is 0. The predicted molar refractivity (Wildman–Crippen MR) is 75.2 cm³/mol. The first-order chi connectivity index (χ1) is 11.1. The standard InChI is InChI=1S/C15H18F6N2O/c16-14(17,18)13(24,15(19,20)21)12-4-2-11(3-5-12)10-23-8-1-6-22-7-9-23/h2-5,22,24H,1,6-10H2. The van der Waals surface area contributed by atoms with Crippen molar-refractivity contribution in [1.29, 1.82) is 0 Å². The molecule has 0 spiro atoms. The second-order valence-corrected chi connectivity index (χ2v) is 5.78. The Hall–Kier alpha value is -1.32. The molecule has 1 aromatic carbocycles. The zero-order valence-corrected chi connectivity index (χ0v) is 12.7. The van der Waals surface area contributed by atoms with Gasteiger partial charge in [-0.25, -0.2) is 0 Å². The van der Waals surface area contributed by atoms with Gasteiger partial charge in [0.05, 0.1) is 0 Å². The number of benzene rings is 1. The van der Waals surface area contributed by atoms with Gasteiger partial charge in [0.25, 0.3) is 5.60 Å². The van der Waals surface area contributed by atoms with Crippen LogP contribution in [0.2, 0.25) is 0 Å². The second kappa shape index (κ2) is 6.89. The number of nitrogens with one attached hydrogen (secondary N) is 1. The molecule has 0 bridgehead atoms. The van der Waals surface area contributed by atoms with Gasteiger partial charge >= 0.3 is 12.4 Å². The van der Waals surface area contributed by atoms with E-state index >= 15 is 0 Å². The van der Waals surface area contributed by atoms with Crippen molar-refractivity contribution in [2.75, 3.05) is 26.2 Å². The van der Waals surface area contributed by atoms with Gasteiger partial charge in [-0.05, 0) is 25.1 Å². The van der Waals surface area contributed by atoms with E-state index in [1.165, 1.54) is 12.1 Å². The van der Waals surface area contributed by atoms with Gasteiger partial charge in [0.1, 0.15) is 0 Å². The molecule has 0 atom stereocenters. The molecule has 0 radical (unpaired) electrons. The van der Waals surface area contributed by atoms with Crippen LogP contribution in [0.25, 0.3) is 0 Å². The van der Waals surface area contributed by atoms with Gasteiger partial charge in [-0.3, -0.25) is 4.90 Å². The van der Waals surface area contributed by atoms with Crippen LogP contribution in [-0.4, -0.2) is 48.5 Å². The fourth-order valence-electron chi connectivity index (χ4n) is 2.66. The van der Waals surface area contributed by atoms with Gasteiger partial charge in [0, 0.05) is 25.2 Å². The maximum absolute atomic E-state index is 12.8. The molecule has 0 saturated carbocycles. The highest BCUT2D eigenvalue weighted by Crippen LogP contribution is 2.49. The van der Waals surface area contributed by atoms with Gasteiger partial charge in [-0.15, -0.1) is 0 Å². The van der Waals surface area contributed by atoms with Crippen LogP contribution in [0, 0.1) is 0 Å². The lowest BCUT2D eigenvalue weighted by Gasteiger charge is -2.32. The van der Waals surface area contributed by atoms with Crippen LogP contribution in [0.4, 0.5) is 26.3 Å². The summed E-state index contributed by atoms with van der Waals surface area (Å²) >= 11 is 0. The van der Waals surface area contributed by atoms with E-state index in [1.807, 2.05) is 0 Å². The summed E-state index contributed by atoms with van der Waals surface area (Å²) in [5.74, 6) is 0. The Morgan fingerprint density at radius 2 is 1.50 bits per heavy atom. The third-order valence-corrected chi connectivity index (χ3v) is 4.03. The highest BCUT2D eigenvalue weighted by atomic mass is 19.4. The smallest absolute Gasteiger partial charge is 0.369 e. The van der Waals surface area contributed by atoms with E-state index in [2.05, 4.69) is 10.2 Å². The van der Waals surface area contributed by atoms with Crippen molar-refractivity contribution in [2.24, 2.45) is 0 Å². The van der Waals surface area contributed by atoms with Gasteiger partial charge in [0.2, 0.25) is 0 Å². The third-order valence-electron chi connectivity index (χ3n) is 4.03. The lowest BCUT2D eigenvalue weighted by atomic mass is 9.91. The minimum Gasteiger partial charge on any atom is -0.369 e. The van der Waals surface area contributed by atoms with Crippen molar-refractivity contribution in [1.82, 2.24) is 10.2 Å². The van der Waals surface area contributed by atoms with Crippen molar-refractivity contribution in [2.45, 2.75) is 30.9 Å². The molecule has 0 aliphatic carbocycles. The number of hydrogen-bond acceptors (Lipinski definition) is 3. The van der Waals surface area contributed by atoms with Crippen molar-refractivity contribution >= 4 is 0 Å². The minimum absolute atomic E-state index is 0.429. The Morgan fingerprint density at radius 3 is 2.04 bits per heavy atom. The maximum Gasteiger partial charge on any atom is 0.430 e. The van der Waals surface area contributed by atoms with Crippen molar-refractivity contribution < 1.29 is 31.4 Å². The molecule has 24 heavy (non-hydrogen) atoms. The van der Waals surface area contributed by atoms with Crippen LogP contribution >= 0.6 is 0 Å². The number of rotatable bonds is 3. The Labute approximate surface area is 135 Å². The molecule has 0 amide bonds. The van der Waals surface area contributed by atoms with Gasteiger partial charge < -0.3 is 10.4 Å². The van der Waals surface area contributed by atoms with E-state index in [-0.39, 0.29) is 0 Å². The Kier molecular flexibility index (Phi) is 5.46. The molecule has 1 heterocycles. The van der Waals surface area contributed by atoms with Crippen molar-refractivity contribution in [3.05, 3.63) is 35.4 Å². The van der Waals surface area contributed by atoms with Gasteiger partial charge in [-0.1, -0.05) is 24.3 Å². The molecule has 2 N–H and O–H groups in total. The summed E-state index contributed by atoms with van der Waals surface area (Å²) in [6, 6.07) is 3.75. The number of aliphatic hydroxyl groups is 1. The summed E-state index contributed by atoms with van der Waals surface area (Å²) in [6.45, 7) is 3.62. The fourth-order valence-corrected chi connectivity index (χ4v) is 2.66. The summed E-state index contributed by atoms with van der Waals surface area (Å²) in [4.78, 5) is 2.06. The molecule has 136 valence electrons. The maximum atomic E-state index is 12.8. The molecule has 3 nitrogen and oxygen atoms in total. The molecular weight excluding hydrogens is 338 g/mol. The van der Waals surface area contributed by atoms with E-state index < -0.39 is 23.5 Å². The summed E-state index contributed by atoms with van der Waals surface area (Å²) < 4.78 is 76.9. The number of nitrogens with zero attached hydrogens (tertiary/aromatic N) is 1. The average molecular weight is 356 g/mol. The number of halogens is 6. The molecule has 0 unspecified atom stereocenters. The Morgan fingerprint density at radius 1 is 0.917 bits per heavy atom. The molecule has 9 heteroatoms. The van der Waals surface area contributed by atoms with Gasteiger partial charge in [-0.2, -0.15) is 26.3 Å². The van der Waals surface area contributed by atoms with Crippen LogP contribution in [0.5, 0.6) is 0 Å². The molecule has 0 aromatic heterocycles. The van der Waals surface area contributed by atoms with E-state index in [4.69, 9.17) is 0 Å². The van der Waals surface area contributed by atoms with E-state index in [1.54, 1.807) is 0 Å². The van der Waals surface area contributed by atoms with E-state index in [0.29, 0.717) is 24.2 Å². The van der Waals surface area contributed by atoms with Crippen LogP contribution in [0.1, 0.15) is 17.5 Å². The van der Waals surface area contributed by atoms with E-state index in [0.717, 1.165) is 32.6 Å². The highest BCUT2D eigenvalue weighted by Gasteiger charge is 2.71. The van der Waals surface area contributed by atoms with E-state index in [9.17, 15) is 31.4 Å². The average Bonchev–Trinajstić information content (AvgIpc) is 2.73. The molecule has 2 rings (SSSR count). The molecule has 1 aliphatic heterocycles. The first kappa shape index (κ1) is 19.0. The first-order valence-corrected chi connectivity index (χ1v) is 7.44. The zero-order chi connectivity index (χ0) is 18.0. The first-order valence-electron chi connectivity index (χ1n) is 7.44. The lowest BCUT2D eigenvalue weighted by Crippen LogP contribution is -2.53. The van der Waals surface area contributed by atoms with Crippen molar-refractivity contribution in [3.63, 3.8) is 0 Å². The van der Waals surface area contributed by atoms with Crippen LogP contribution in [0.3, 0.4) is 0 Å². The van der Waals surface area contributed by atoms with Crippen LogP contribution in [0.15, 0.2) is 24.3 Å². The quantitative estimate of drug-likeness (QED) is 0.818. The molecule has 1 fully saturated rings. The number of hydrogen-bond donors (Lipinski definition) is 2. The zero-order valence-electron chi connectivity index (χ0n) is 12.7. The second-order valence-electron chi connectivity index (χ2n) is 5.78. The predicted octanol–water partition coefficient (Wildman–Crippen LogP) is 2.79. The monoisotopic (exact) mass is 356 g/mol. The Bertz CT molecular complexity index is 518. The molecule has 1 aromatic rings. The van der Waals surface area contributed by atoms with Crippen LogP contribution < -0.4 is 5.32 Å². The SMILES string of the molecule is OC(c1ccc(CN2CCCNCC2)cc1)(C(F)(F)F)C(F)(F)F. The molecule has 1 aliphatic rings. The van der Waals surface area contributed by atoms with Gasteiger partial charge in [0.15, 0.2) is 0 Å². The lowest BCUT2D eigenvalue weighted by molar-refractivity contribution is -0.376. The Balaban J connectivity index is 2.20. The molecule has 1 saturated heterocycles. The number of alkyl halides is 6. The summed E-state index contributed by atoms with van der Waals surface area (Å²) in [6.07, 6.45) is -10.8. The topological polar surface area (TPSA) is 35.5 Å². The largest absolute Gasteiger partial charge is 0.430 e. The van der Waals surface area contributed by atoms with Crippen molar-refractivity contribution in [3.8, 4) is 0 Å². The fraction of sp³-hybridized carbons (Fsp3) is 0.600. The minimum atomic E-state index is -5.86. The highest BCUT2D eigenvalue weighted by molar-refractivity contribution is 5.30. The van der Waals surface area contributed by atoms with Crippen LogP contribution in [-0.2, 0) is 12.1 Å². The normalized spacial score (nSPS) is 18.5. The summed E-state index contributed by atoms with van der Waals surface area (Å²) in [5, 5.41) is 12.5. The molecular formula is C15H18F6N2O. The summed E-state index contributed by atoms with van der Waals surface area (Å²) in [5.41, 5.74) is -5.51. The third kappa shape index (κ3) is 3.84.